The molecule has 2 aromatic rings. The molecule has 3 N–H and O–H groups in total. The molecule has 31 heavy (non-hydrogen) atoms. The Morgan fingerprint density at radius 1 is 1.39 bits per heavy atom. The van der Waals surface area contributed by atoms with Gasteiger partial charge in [0.05, 0.1) is 24.6 Å². The number of amides is 2. The van der Waals surface area contributed by atoms with Crippen molar-refractivity contribution in [1.82, 2.24) is 14.7 Å². The highest BCUT2D eigenvalue weighted by atomic mass is 19.1. The Morgan fingerprint density at radius 2 is 2.10 bits per heavy atom. The lowest BCUT2D eigenvalue weighted by atomic mass is 9.94. The number of rotatable bonds is 6. The van der Waals surface area contributed by atoms with Crippen molar-refractivity contribution in [2.45, 2.75) is 26.3 Å². The fraction of sp³-hybridized carbons (Fsp3) is 0.429. The van der Waals surface area contributed by atoms with E-state index in [-0.39, 0.29) is 35.7 Å². The van der Waals surface area contributed by atoms with Crippen LogP contribution in [0.2, 0.25) is 0 Å². The fourth-order valence-corrected chi connectivity index (χ4v) is 3.38. The molecule has 0 saturated carbocycles. The molecule has 1 aliphatic heterocycles. The third kappa shape index (κ3) is 5.31. The second kappa shape index (κ2) is 9.47. The number of hydrogen-bond donors (Lipinski definition) is 2. The monoisotopic (exact) mass is 428 g/mol. The van der Waals surface area contributed by atoms with Gasteiger partial charge in [-0.05, 0) is 36.6 Å². The van der Waals surface area contributed by atoms with Gasteiger partial charge in [0.1, 0.15) is 11.4 Å². The summed E-state index contributed by atoms with van der Waals surface area (Å²) in [5, 5.41) is 17.1. The van der Waals surface area contributed by atoms with E-state index < -0.39 is 17.9 Å². The first-order chi connectivity index (χ1) is 14.8. The van der Waals surface area contributed by atoms with E-state index in [1.165, 1.54) is 40.0 Å². The molecule has 2 heterocycles. The molecule has 0 radical (unpaired) electrons. The van der Waals surface area contributed by atoms with Crippen molar-refractivity contribution in [1.29, 1.82) is 5.26 Å². The number of nitrogens with zero attached hydrogens (tertiary/aromatic N) is 4. The maximum atomic E-state index is 13.1. The molecule has 2 amide bonds. The second-order valence-electron chi connectivity index (χ2n) is 7.88. The summed E-state index contributed by atoms with van der Waals surface area (Å²) in [4.78, 5) is 25.7. The molecule has 2 atom stereocenters. The van der Waals surface area contributed by atoms with Crippen LogP contribution in [-0.4, -0.2) is 46.4 Å². The van der Waals surface area contributed by atoms with Crippen LogP contribution in [0, 0.1) is 29.0 Å². The van der Waals surface area contributed by atoms with Crippen molar-refractivity contribution in [2.75, 3.05) is 25.0 Å². The molecule has 1 aliphatic rings. The van der Waals surface area contributed by atoms with E-state index in [0.29, 0.717) is 25.3 Å². The smallest absolute Gasteiger partial charge is 0.409 e. The van der Waals surface area contributed by atoms with Crippen molar-refractivity contribution < 1.29 is 18.7 Å². The maximum absolute atomic E-state index is 13.1. The SMILES string of the molecule is CC(C)COC(=O)N1CC[C@@H](n2cc(C(N)=O)c(Nc3ccc(F)cc3)n2)[C@@H](C#N)C1. The number of nitrogens with one attached hydrogen (secondary N) is 1. The Kier molecular flexibility index (Phi) is 6.74. The summed E-state index contributed by atoms with van der Waals surface area (Å²) < 4.78 is 20.0. The topological polar surface area (TPSA) is 126 Å². The molecule has 10 heteroatoms. The lowest BCUT2D eigenvalue weighted by Gasteiger charge is -2.34. The van der Waals surface area contributed by atoms with E-state index in [1.807, 2.05) is 13.8 Å². The predicted octanol–water partition coefficient (Wildman–Crippen LogP) is 3.04. The summed E-state index contributed by atoms with van der Waals surface area (Å²) in [5.41, 5.74) is 6.18. The van der Waals surface area contributed by atoms with Gasteiger partial charge >= 0.3 is 6.09 Å². The first-order valence-corrected chi connectivity index (χ1v) is 10.0. The van der Waals surface area contributed by atoms with E-state index >= 15 is 0 Å². The summed E-state index contributed by atoms with van der Waals surface area (Å²) in [7, 11) is 0. The van der Waals surface area contributed by atoms with Crippen molar-refractivity contribution in [3.05, 3.63) is 41.8 Å². The van der Waals surface area contributed by atoms with Crippen LogP contribution >= 0.6 is 0 Å². The summed E-state index contributed by atoms with van der Waals surface area (Å²) in [6.45, 7) is 4.80. The van der Waals surface area contributed by atoms with Crippen LogP contribution in [0.15, 0.2) is 30.5 Å². The van der Waals surface area contributed by atoms with Gasteiger partial charge in [0, 0.05) is 25.0 Å². The van der Waals surface area contributed by atoms with Crippen LogP contribution in [-0.2, 0) is 4.74 Å². The Hall–Kier alpha value is -3.61. The van der Waals surface area contributed by atoms with Crippen LogP contribution < -0.4 is 11.1 Å². The molecule has 0 bridgehead atoms. The van der Waals surface area contributed by atoms with Gasteiger partial charge in [-0.25, -0.2) is 9.18 Å². The van der Waals surface area contributed by atoms with Crippen LogP contribution in [0.3, 0.4) is 0 Å². The standard InChI is InChI=1S/C21H25FN6O3/c1-13(2)12-31-21(30)27-8-7-18(14(9-23)10-27)28-11-17(19(24)29)20(26-28)25-16-5-3-15(22)4-6-16/h3-6,11,13-14,18H,7-8,10,12H2,1-2H3,(H2,24,29)(H,25,26)/t14-,18+/m0/s1. The van der Waals surface area contributed by atoms with Gasteiger partial charge in [-0.15, -0.1) is 0 Å². The Bertz CT molecular complexity index is 982. The van der Waals surface area contributed by atoms with Gasteiger partial charge < -0.3 is 20.7 Å². The highest BCUT2D eigenvalue weighted by Crippen LogP contribution is 2.30. The zero-order valence-electron chi connectivity index (χ0n) is 17.4. The molecular formula is C21H25FN6O3. The number of nitriles is 1. The molecule has 1 fully saturated rings. The highest BCUT2D eigenvalue weighted by Gasteiger charge is 2.34. The summed E-state index contributed by atoms with van der Waals surface area (Å²) in [5.74, 6) is -1.17. The molecule has 9 nitrogen and oxygen atoms in total. The van der Waals surface area contributed by atoms with Crippen molar-refractivity contribution in [2.24, 2.45) is 17.6 Å². The van der Waals surface area contributed by atoms with Crippen LogP contribution in [0.1, 0.15) is 36.7 Å². The number of likely N-dealkylation sites (tertiary alicyclic amines) is 1. The molecular weight excluding hydrogens is 403 g/mol. The number of ether oxygens (including phenoxy) is 1. The third-order valence-electron chi connectivity index (χ3n) is 4.98. The molecule has 0 aliphatic carbocycles. The number of carbonyl (C=O) groups excluding carboxylic acids is 2. The minimum absolute atomic E-state index is 0.153. The lowest BCUT2D eigenvalue weighted by molar-refractivity contribution is 0.0703. The zero-order chi connectivity index (χ0) is 22.5. The zero-order valence-corrected chi connectivity index (χ0v) is 17.4. The van der Waals surface area contributed by atoms with Gasteiger partial charge in [0.2, 0.25) is 0 Å². The predicted molar refractivity (Wildman–Crippen MR) is 111 cm³/mol. The molecule has 164 valence electrons. The fourth-order valence-electron chi connectivity index (χ4n) is 3.38. The van der Waals surface area contributed by atoms with E-state index in [1.54, 1.807) is 0 Å². The molecule has 3 rings (SSSR count). The molecule has 1 saturated heterocycles. The average Bonchev–Trinajstić information content (AvgIpc) is 3.17. The number of carbonyl (C=O) groups is 2. The Morgan fingerprint density at radius 3 is 2.71 bits per heavy atom. The van der Waals surface area contributed by atoms with E-state index in [9.17, 15) is 19.2 Å². The van der Waals surface area contributed by atoms with Crippen molar-refractivity contribution >= 4 is 23.5 Å². The quantitative estimate of drug-likeness (QED) is 0.728. The van der Waals surface area contributed by atoms with Crippen LogP contribution in [0.5, 0.6) is 0 Å². The van der Waals surface area contributed by atoms with Gasteiger partial charge in [-0.3, -0.25) is 9.48 Å². The third-order valence-corrected chi connectivity index (χ3v) is 4.98. The number of piperidine rings is 1. The largest absolute Gasteiger partial charge is 0.449 e. The highest BCUT2D eigenvalue weighted by molar-refractivity contribution is 5.98. The molecule has 0 spiro atoms. The number of benzene rings is 1. The van der Waals surface area contributed by atoms with Gasteiger partial charge in [-0.2, -0.15) is 10.4 Å². The molecule has 0 unspecified atom stereocenters. The molecule has 1 aromatic carbocycles. The summed E-state index contributed by atoms with van der Waals surface area (Å²) in [6, 6.07) is 7.47. The second-order valence-corrected chi connectivity index (χ2v) is 7.88. The Balaban J connectivity index is 1.77. The minimum Gasteiger partial charge on any atom is -0.449 e. The molecule has 1 aromatic heterocycles. The maximum Gasteiger partial charge on any atom is 0.409 e. The lowest BCUT2D eigenvalue weighted by Crippen LogP contribution is -2.44. The van der Waals surface area contributed by atoms with Crippen molar-refractivity contribution in [3.63, 3.8) is 0 Å². The minimum atomic E-state index is -0.681. The average molecular weight is 428 g/mol. The normalized spacial score (nSPS) is 18.5. The van der Waals surface area contributed by atoms with Crippen LogP contribution in [0.25, 0.3) is 0 Å². The first kappa shape index (κ1) is 22.1. The Labute approximate surface area is 179 Å². The number of halogens is 1. The number of nitrogens with two attached hydrogens (primary N) is 1. The number of anilines is 2. The van der Waals surface area contributed by atoms with E-state index in [2.05, 4.69) is 16.5 Å². The van der Waals surface area contributed by atoms with Crippen molar-refractivity contribution in [3.8, 4) is 6.07 Å². The van der Waals surface area contributed by atoms with E-state index in [0.717, 1.165) is 0 Å². The number of aromatic nitrogens is 2. The number of hydrogen-bond acceptors (Lipinski definition) is 6. The van der Waals surface area contributed by atoms with Gasteiger partial charge in [-0.1, -0.05) is 13.8 Å². The van der Waals surface area contributed by atoms with E-state index in [4.69, 9.17) is 10.5 Å². The first-order valence-electron chi connectivity index (χ1n) is 10.0. The van der Waals surface area contributed by atoms with Gasteiger partial charge in [0.15, 0.2) is 5.82 Å². The van der Waals surface area contributed by atoms with Crippen LogP contribution in [0.4, 0.5) is 20.7 Å². The summed E-state index contributed by atoms with van der Waals surface area (Å²) >= 11 is 0. The number of primary amides is 1. The summed E-state index contributed by atoms with van der Waals surface area (Å²) in [6.07, 6.45) is 1.52. The van der Waals surface area contributed by atoms with Gasteiger partial charge in [0.25, 0.3) is 5.91 Å².